The third-order valence-corrected chi connectivity index (χ3v) is 5.41. The molecule has 0 radical (unpaired) electrons. The first-order chi connectivity index (χ1) is 12.5. The lowest BCUT2D eigenvalue weighted by atomic mass is 9.92. The fourth-order valence-electron chi connectivity index (χ4n) is 3.87. The number of carboxylic acids is 1. The third kappa shape index (κ3) is 3.44. The molecule has 1 amide bonds. The first-order valence-corrected chi connectivity index (χ1v) is 9.05. The van der Waals surface area contributed by atoms with Crippen LogP contribution in [0.25, 0.3) is 11.0 Å². The average molecular weight is 357 g/mol. The molecule has 2 heterocycles. The summed E-state index contributed by atoms with van der Waals surface area (Å²) in [6.07, 6.45) is 2.16. The summed E-state index contributed by atoms with van der Waals surface area (Å²) < 4.78 is 5.53. The zero-order valence-electron chi connectivity index (χ0n) is 14.8. The van der Waals surface area contributed by atoms with Crippen LogP contribution >= 0.6 is 0 Å². The van der Waals surface area contributed by atoms with Gasteiger partial charge in [0.1, 0.15) is 19.0 Å². The highest BCUT2D eigenvalue weighted by molar-refractivity contribution is 5.80. The molecule has 1 saturated carbocycles. The van der Waals surface area contributed by atoms with E-state index >= 15 is 0 Å². The maximum Gasteiger partial charge on any atom is 0.308 e. The number of carbonyl (C=O) groups excluding carboxylic acids is 1. The number of likely N-dealkylation sites (tertiary alicyclic amines) is 1. The molecule has 2 atom stereocenters. The number of aromatic nitrogens is 2. The summed E-state index contributed by atoms with van der Waals surface area (Å²) in [4.78, 5) is 33.1. The van der Waals surface area contributed by atoms with Crippen molar-refractivity contribution >= 4 is 22.9 Å². The number of rotatable bonds is 6. The lowest BCUT2D eigenvalue weighted by Gasteiger charge is -2.16. The van der Waals surface area contributed by atoms with E-state index in [1.165, 1.54) is 0 Å². The average Bonchev–Trinajstić information content (AvgIpc) is 3.21. The Morgan fingerprint density at radius 3 is 2.88 bits per heavy atom. The molecule has 0 bridgehead atoms. The van der Waals surface area contributed by atoms with Crippen molar-refractivity contribution < 1.29 is 19.4 Å². The second-order valence-corrected chi connectivity index (χ2v) is 7.44. The van der Waals surface area contributed by atoms with Crippen LogP contribution in [0.4, 0.5) is 0 Å². The minimum absolute atomic E-state index is 0.0558. The van der Waals surface area contributed by atoms with Gasteiger partial charge in [0.2, 0.25) is 5.91 Å². The molecule has 1 aliphatic carbocycles. The van der Waals surface area contributed by atoms with Crippen molar-refractivity contribution in [3.63, 3.8) is 0 Å². The number of nitrogens with one attached hydrogen (secondary N) is 1. The standard InChI is InChI=1S/C19H23N3O4/c1-11-2-5-15-16(6-11)21-17(20-15)9-26-10-18(23)22-7-13(12-3-4-12)14(8-22)19(24)25/h2,5-6,12-14H,3-4,7-10H2,1H3,(H,20,21)(H,24,25)/t13-,14+/m1/s1. The van der Waals surface area contributed by atoms with Crippen LogP contribution in [-0.4, -0.2) is 51.5 Å². The van der Waals surface area contributed by atoms with Gasteiger partial charge in [-0.2, -0.15) is 0 Å². The van der Waals surface area contributed by atoms with Crippen molar-refractivity contribution in [3.05, 3.63) is 29.6 Å². The normalized spacial score (nSPS) is 22.9. The van der Waals surface area contributed by atoms with E-state index in [1.807, 2.05) is 25.1 Å². The maximum absolute atomic E-state index is 12.4. The highest BCUT2D eigenvalue weighted by Gasteiger charge is 2.46. The number of aromatic amines is 1. The molecule has 2 aromatic rings. The molecule has 7 heteroatoms. The summed E-state index contributed by atoms with van der Waals surface area (Å²) in [5.41, 5.74) is 2.97. The van der Waals surface area contributed by atoms with E-state index in [1.54, 1.807) is 4.90 Å². The fourth-order valence-corrected chi connectivity index (χ4v) is 3.87. The Kier molecular flexibility index (Phi) is 4.40. The Morgan fingerprint density at radius 2 is 2.15 bits per heavy atom. The van der Waals surface area contributed by atoms with Gasteiger partial charge in [-0.3, -0.25) is 9.59 Å². The molecule has 138 valence electrons. The monoisotopic (exact) mass is 357 g/mol. The molecule has 2 N–H and O–H groups in total. The van der Waals surface area contributed by atoms with Crippen LogP contribution in [0.5, 0.6) is 0 Å². The fraction of sp³-hybridized carbons (Fsp3) is 0.526. The van der Waals surface area contributed by atoms with Crippen LogP contribution in [0, 0.1) is 24.7 Å². The Balaban J connectivity index is 1.31. The number of aryl methyl sites for hydroxylation is 1. The van der Waals surface area contributed by atoms with Gasteiger partial charge in [0, 0.05) is 13.1 Å². The quantitative estimate of drug-likeness (QED) is 0.824. The largest absolute Gasteiger partial charge is 0.481 e. The summed E-state index contributed by atoms with van der Waals surface area (Å²) in [6.45, 7) is 3.02. The van der Waals surface area contributed by atoms with E-state index in [0.29, 0.717) is 24.8 Å². The molecule has 7 nitrogen and oxygen atoms in total. The highest BCUT2D eigenvalue weighted by atomic mass is 16.5. The topological polar surface area (TPSA) is 95.5 Å². The van der Waals surface area contributed by atoms with Crippen molar-refractivity contribution in [1.82, 2.24) is 14.9 Å². The molecule has 26 heavy (non-hydrogen) atoms. The van der Waals surface area contributed by atoms with Crippen molar-refractivity contribution in [3.8, 4) is 0 Å². The molecule has 1 aromatic heterocycles. The number of hydrogen-bond acceptors (Lipinski definition) is 4. The molecule has 1 saturated heterocycles. The Morgan fingerprint density at radius 1 is 1.35 bits per heavy atom. The van der Waals surface area contributed by atoms with Crippen molar-refractivity contribution in [2.24, 2.45) is 17.8 Å². The lowest BCUT2D eigenvalue weighted by Crippen LogP contribution is -2.33. The minimum atomic E-state index is -0.796. The number of ether oxygens (including phenoxy) is 1. The van der Waals surface area contributed by atoms with Gasteiger partial charge < -0.3 is 19.7 Å². The predicted octanol–water partition coefficient (Wildman–Crippen LogP) is 1.96. The van der Waals surface area contributed by atoms with Gasteiger partial charge in [-0.1, -0.05) is 6.07 Å². The molecule has 1 aromatic carbocycles. The van der Waals surface area contributed by atoms with Crippen LogP contribution in [0.15, 0.2) is 18.2 Å². The van der Waals surface area contributed by atoms with Gasteiger partial charge in [0.05, 0.1) is 17.0 Å². The number of aliphatic carboxylic acids is 1. The first kappa shape index (κ1) is 17.0. The second-order valence-electron chi connectivity index (χ2n) is 7.44. The summed E-state index contributed by atoms with van der Waals surface area (Å²) in [5.74, 6) is -0.143. The van der Waals surface area contributed by atoms with Crippen molar-refractivity contribution in [2.75, 3.05) is 19.7 Å². The van der Waals surface area contributed by atoms with E-state index in [9.17, 15) is 14.7 Å². The lowest BCUT2D eigenvalue weighted by molar-refractivity contribution is -0.143. The van der Waals surface area contributed by atoms with Crippen LogP contribution < -0.4 is 0 Å². The molecule has 4 rings (SSSR count). The van der Waals surface area contributed by atoms with Crippen LogP contribution in [-0.2, 0) is 20.9 Å². The van der Waals surface area contributed by atoms with Gasteiger partial charge in [-0.05, 0) is 49.3 Å². The van der Waals surface area contributed by atoms with E-state index < -0.39 is 11.9 Å². The molecule has 0 spiro atoms. The number of carbonyl (C=O) groups is 2. The van der Waals surface area contributed by atoms with Crippen molar-refractivity contribution in [2.45, 2.75) is 26.4 Å². The van der Waals surface area contributed by atoms with Gasteiger partial charge in [-0.15, -0.1) is 0 Å². The third-order valence-electron chi connectivity index (χ3n) is 5.41. The highest BCUT2D eigenvalue weighted by Crippen LogP contribution is 2.44. The number of nitrogens with zero attached hydrogens (tertiary/aromatic N) is 2. The number of carboxylic acid groups (broad SMARTS) is 1. The van der Waals surface area contributed by atoms with Gasteiger partial charge >= 0.3 is 5.97 Å². The molecule has 0 unspecified atom stereocenters. The Hall–Kier alpha value is -2.41. The van der Waals surface area contributed by atoms with E-state index in [4.69, 9.17) is 4.74 Å². The van der Waals surface area contributed by atoms with E-state index in [-0.39, 0.29) is 25.0 Å². The summed E-state index contributed by atoms with van der Waals surface area (Å²) in [6, 6.07) is 5.97. The number of hydrogen-bond donors (Lipinski definition) is 2. The minimum Gasteiger partial charge on any atom is -0.481 e. The van der Waals surface area contributed by atoms with Gasteiger partial charge in [0.15, 0.2) is 0 Å². The maximum atomic E-state index is 12.4. The van der Waals surface area contributed by atoms with E-state index in [2.05, 4.69) is 9.97 Å². The molecular weight excluding hydrogens is 334 g/mol. The number of fused-ring (bicyclic) bond motifs is 1. The van der Waals surface area contributed by atoms with Gasteiger partial charge in [0.25, 0.3) is 0 Å². The molecule has 1 aliphatic heterocycles. The van der Waals surface area contributed by atoms with Crippen LogP contribution in [0.1, 0.15) is 24.2 Å². The number of amides is 1. The number of H-pyrrole nitrogens is 1. The Labute approximate surface area is 151 Å². The smallest absolute Gasteiger partial charge is 0.308 e. The predicted molar refractivity (Wildman–Crippen MR) is 94.4 cm³/mol. The SMILES string of the molecule is Cc1ccc2nc(COCC(=O)N3C[C@H](C(=O)O)[C@@H](C4CC4)C3)[nH]c2c1. The summed E-state index contributed by atoms with van der Waals surface area (Å²) >= 11 is 0. The number of imidazole rings is 1. The zero-order valence-corrected chi connectivity index (χ0v) is 14.8. The molecular formula is C19H23N3O4. The number of benzene rings is 1. The van der Waals surface area contributed by atoms with Gasteiger partial charge in [-0.25, -0.2) is 4.98 Å². The zero-order chi connectivity index (χ0) is 18.3. The molecule has 2 aliphatic rings. The summed E-state index contributed by atoms with van der Waals surface area (Å²) in [5, 5.41) is 9.39. The molecule has 2 fully saturated rings. The summed E-state index contributed by atoms with van der Waals surface area (Å²) in [7, 11) is 0. The van der Waals surface area contributed by atoms with Crippen LogP contribution in [0.2, 0.25) is 0 Å². The first-order valence-electron chi connectivity index (χ1n) is 9.05. The Bertz CT molecular complexity index is 842. The van der Waals surface area contributed by atoms with Crippen LogP contribution in [0.3, 0.4) is 0 Å². The van der Waals surface area contributed by atoms with Crippen molar-refractivity contribution in [1.29, 1.82) is 0 Å². The van der Waals surface area contributed by atoms with E-state index in [0.717, 1.165) is 29.4 Å². The second kappa shape index (κ2) is 6.72.